The number of hydrogen-bond acceptors (Lipinski definition) is 3. The Morgan fingerprint density at radius 2 is 2.00 bits per heavy atom. The van der Waals surface area contributed by atoms with Gasteiger partial charge in [0, 0.05) is 26.3 Å². The number of aliphatic imine (C=N–C) groups is 1. The fraction of sp³-hybridized carbons (Fsp3) is 0.611. The van der Waals surface area contributed by atoms with Gasteiger partial charge in [0.25, 0.3) is 0 Å². The molecule has 0 spiro atoms. The molecule has 0 atom stereocenters. The fourth-order valence-corrected chi connectivity index (χ4v) is 2.16. The molecule has 1 saturated carbocycles. The second-order valence-electron chi connectivity index (χ2n) is 5.81. The van der Waals surface area contributed by atoms with E-state index in [1.807, 2.05) is 19.1 Å². The summed E-state index contributed by atoms with van der Waals surface area (Å²) in [6.07, 6.45) is 3.66. The summed E-state index contributed by atoms with van der Waals surface area (Å²) in [5, 5.41) is 6.83. The average Bonchev–Trinajstić information content (AvgIpc) is 3.41. The van der Waals surface area contributed by atoms with Crippen LogP contribution in [0.3, 0.4) is 0 Å². The van der Waals surface area contributed by atoms with Crippen LogP contribution >= 0.6 is 0 Å². The lowest BCUT2D eigenvalue weighted by atomic mass is 10.2. The zero-order valence-electron chi connectivity index (χ0n) is 14.3. The zero-order chi connectivity index (χ0) is 16.3. The number of guanidine groups is 1. The minimum absolute atomic E-state index is 0.662. The number of nitrogens with zero attached hydrogens (tertiary/aromatic N) is 1. The van der Waals surface area contributed by atoms with Crippen molar-refractivity contribution in [3.8, 4) is 5.75 Å². The summed E-state index contributed by atoms with van der Waals surface area (Å²) < 4.78 is 10.5. The average molecular weight is 319 g/mol. The van der Waals surface area contributed by atoms with Crippen LogP contribution < -0.4 is 15.4 Å². The molecule has 2 rings (SSSR count). The fourth-order valence-electron chi connectivity index (χ4n) is 2.16. The van der Waals surface area contributed by atoms with Gasteiger partial charge < -0.3 is 20.1 Å². The number of nitrogens with one attached hydrogen (secondary N) is 2. The predicted molar refractivity (Wildman–Crippen MR) is 94.0 cm³/mol. The van der Waals surface area contributed by atoms with Gasteiger partial charge >= 0.3 is 0 Å². The first-order chi connectivity index (χ1) is 11.3. The van der Waals surface area contributed by atoms with Crippen molar-refractivity contribution < 1.29 is 9.47 Å². The normalized spacial score (nSPS) is 14.6. The predicted octanol–water partition coefficient (Wildman–Crippen LogP) is 2.57. The third-order valence-electron chi connectivity index (χ3n) is 3.80. The highest BCUT2D eigenvalue weighted by molar-refractivity contribution is 5.79. The molecule has 0 heterocycles. The summed E-state index contributed by atoms with van der Waals surface area (Å²) >= 11 is 0. The molecular weight excluding hydrogens is 290 g/mol. The summed E-state index contributed by atoms with van der Waals surface area (Å²) in [6, 6.07) is 8.04. The Morgan fingerprint density at radius 3 is 2.65 bits per heavy atom. The Hall–Kier alpha value is -1.75. The third kappa shape index (κ3) is 7.37. The van der Waals surface area contributed by atoms with E-state index in [0.717, 1.165) is 50.4 Å². The quantitative estimate of drug-likeness (QED) is 0.395. The van der Waals surface area contributed by atoms with Gasteiger partial charge in [-0.3, -0.25) is 0 Å². The zero-order valence-corrected chi connectivity index (χ0v) is 14.3. The topological polar surface area (TPSA) is 54.9 Å². The molecular formula is C18H29N3O2. The van der Waals surface area contributed by atoms with Crippen LogP contribution in [0.2, 0.25) is 0 Å². The van der Waals surface area contributed by atoms with Gasteiger partial charge in [-0.25, -0.2) is 4.99 Å². The molecule has 1 aromatic rings. The molecule has 2 N–H and O–H groups in total. The third-order valence-corrected chi connectivity index (χ3v) is 3.80. The minimum Gasteiger partial charge on any atom is -0.497 e. The SMILES string of the molecule is CCOCCCNC(=NCc1ccc(OC)cc1)NCC1CC1. The maximum atomic E-state index is 5.36. The van der Waals surface area contributed by atoms with E-state index >= 15 is 0 Å². The standard InChI is InChI=1S/C18H29N3O2/c1-3-23-12-4-11-19-18(20-13-15-5-6-15)21-14-16-7-9-17(22-2)10-8-16/h7-10,15H,3-6,11-14H2,1-2H3,(H2,19,20,21). The van der Waals surface area contributed by atoms with Gasteiger partial charge in [0.1, 0.15) is 5.75 Å². The maximum Gasteiger partial charge on any atom is 0.191 e. The Kier molecular flexibility index (Phi) is 7.73. The van der Waals surface area contributed by atoms with Gasteiger partial charge in [0.05, 0.1) is 13.7 Å². The smallest absolute Gasteiger partial charge is 0.191 e. The Labute approximate surface area is 139 Å². The van der Waals surface area contributed by atoms with Crippen LogP contribution in [0.15, 0.2) is 29.3 Å². The first kappa shape index (κ1) is 17.6. The van der Waals surface area contributed by atoms with Crippen LogP contribution in [0.4, 0.5) is 0 Å². The summed E-state index contributed by atoms with van der Waals surface area (Å²) in [7, 11) is 1.68. The van der Waals surface area contributed by atoms with Crippen LogP contribution in [-0.4, -0.2) is 39.4 Å². The van der Waals surface area contributed by atoms with E-state index in [4.69, 9.17) is 9.47 Å². The van der Waals surface area contributed by atoms with Crippen molar-refractivity contribution >= 4 is 5.96 Å². The van der Waals surface area contributed by atoms with Crippen LogP contribution in [0.1, 0.15) is 31.7 Å². The van der Waals surface area contributed by atoms with Crippen molar-refractivity contribution in [1.29, 1.82) is 0 Å². The summed E-state index contributed by atoms with van der Waals surface area (Å²) in [5.74, 6) is 2.59. The van der Waals surface area contributed by atoms with E-state index in [9.17, 15) is 0 Å². The van der Waals surface area contributed by atoms with E-state index in [1.54, 1.807) is 7.11 Å². The van der Waals surface area contributed by atoms with E-state index in [0.29, 0.717) is 6.54 Å². The lowest BCUT2D eigenvalue weighted by Crippen LogP contribution is -2.39. The maximum absolute atomic E-state index is 5.36. The molecule has 0 saturated heterocycles. The van der Waals surface area contributed by atoms with E-state index < -0.39 is 0 Å². The van der Waals surface area contributed by atoms with Gasteiger partial charge in [-0.05, 0) is 49.8 Å². The molecule has 5 heteroatoms. The van der Waals surface area contributed by atoms with Crippen LogP contribution in [0.25, 0.3) is 0 Å². The number of benzene rings is 1. The van der Waals surface area contributed by atoms with E-state index in [-0.39, 0.29) is 0 Å². The summed E-state index contributed by atoms with van der Waals surface area (Å²) in [5.41, 5.74) is 1.17. The Morgan fingerprint density at radius 1 is 1.22 bits per heavy atom. The van der Waals surface area contributed by atoms with Crippen LogP contribution in [-0.2, 0) is 11.3 Å². The van der Waals surface area contributed by atoms with E-state index in [1.165, 1.54) is 18.4 Å². The molecule has 128 valence electrons. The molecule has 0 aliphatic heterocycles. The van der Waals surface area contributed by atoms with Gasteiger partial charge in [-0.1, -0.05) is 12.1 Å². The molecule has 1 aromatic carbocycles. The lowest BCUT2D eigenvalue weighted by molar-refractivity contribution is 0.145. The first-order valence-corrected chi connectivity index (χ1v) is 8.54. The van der Waals surface area contributed by atoms with Crippen LogP contribution in [0, 0.1) is 5.92 Å². The Balaban J connectivity index is 1.80. The van der Waals surface area contributed by atoms with E-state index in [2.05, 4.69) is 27.8 Å². The molecule has 0 aromatic heterocycles. The lowest BCUT2D eigenvalue weighted by Gasteiger charge is -2.12. The molecule has 0 unspecified atom stereocenters. The molecule has 0 radical (unpaired) electrons. The monoisotopic (exact) mass is 319 g/mol. The second-order valence-corrected chi connectivity index (χ2v) is 5.81. The van der Waals surface area contributed by atoms with Crippen molar-refractivity contribution in [3.63, 3.8) is 0 Å². The highest BCUT2D eigenvalue weighted by Crippen LogP contribution is 2.27. The summed E-state index contributed by atoms with van der Waals surface area (Å²) in [6.45, 7) is 6.14. The number of hydrogen-bond donors (Lipinski definition) is 2. The highest BCUT2D eigenvalue weighted by Gasteiger charge is 2.21. The van der Waals surface area contributed by atoms with Gasteiger partial charge in [0.2, 0.25) is 0 Å². The van der Waals surface area contributed by atoms with Crippen molar-refractivity contribution in [2.45, 2.75) is 32.7 Å². The van der Waals surface area contributed by atoms with Crippen molar-refractivity contribution in [3.05, 3.63) is 29.8 Å². The van der Waals surface area contributed by atoms with Crippen LogP contribution in [0.5, 0.6) is 5.75 Å². The molecule has 5 nitrogen and oxygen atoms in total. The van der Waals surface area contributed by atoms with Gasteiger partial charge in [-0.2, -0.15) is 0 Å². The van der Waals surface area contributed by atoms with Gasteiger partial charge in [-0.15, -0.1) is 0 Å². The molecule has 1 aliphatic carbocycles. The minimum atomic E-state index is 0.662. The Bertz CT molecular complexity index is 470. The van der Waals surface area contributed by atoms with Crippen molar-refractivity contribution in [2.24, 2.45) is 10.9 Å². The van der Waals surface area contributed by atoms with Crippen molar-refractivity contribution in [2.75, 3.05) is 33.4 Å². The number of rotatable bonds is 10. The molecule has 1 aliphatic rings. The largest absolute Gasteiger partial charge is 0.497 e. The van der Waals surface area contributed by atoms with Gasteiger partial charge in [0.15, 0.2) is 5.96 Å². The number of ether oxygens (including phenoxy) is 2. The summed E-state index contributed by atoms with van der Waals surface area (Å²) in [4.78, 5) is 4.68. The highest BCUT2D eigenvalue weighted by atomic mass is 16.5. The molecule has 0 bridgehead atoms. The molecule has 1 fully saturated rings. The molecule has 23 heavy (non-hydrogen) atoms. The second kappa shape index (κ2) is 10.1. The van der Waals surface area contributed by atoms with Crippen molar-refractivity contribution in [1.82, 2.24) is 10.6 Å². The number of methoxy groups -OCH3 is 1. The molecule has 0 amide bonds. The first-order valence-electron chi connectivity index (χ1n) is 8.54.